The molecule has 3 rings (SSSR count). The van der Waals surface area contributed by atoms with Gasteiger partial charge in [-0.15, -0.1) is 11.3 Å². The Morgan fingerprint density at radius 2 is 2.17 bits per heavy atom. The Morgan fingerprint density at radius 1 is 1.39 bits per heavy atom. The van der Waals surface area contributed by atoms with Crippen LogP contribution in [-0.2, 0) is 16.6 Å². The molecule has 0 N–H and O–H groups in total. The van der Waals surface area contributed by atoms with Crippen LogP contribution in [0.3, 0.4) is 0 Å². The first-order chi connectivity index (χ1) is 11.1. The van der Waals surface area contributed by atoms with E-state index in [-0.39, 0.29) is 11.3 Å². The SMILES string of the molecule is CC1(c2ncc(Cl)s2)CCN(C(=O)CCc2cccnc2)CC1. The van der Waals surface area contributed by atoms with Crippen molar-refractivity contribution in [3.8, 4) is 0 Å². The topological polar surface area (TPSA) is 46.1 Å². The first-order valence-electron chi connectivity index (χ1n) is 7.85. The van der Waals surface area contributed by atoms with Gasteiger partial charge in [0.25, 0.3) is 0 Å². The lowest BCUT2D eigenvalue weighted by Crippen LogP contribution is -2.44. The number of halogens is 1. The Morgan fingerprint density at radius 3 is 2.78 bits per heavy atom. The Bertz CT molecular complexity index is 665. The number of likely N-dealkylation sites (tertiary alicyclic amines) is 1. The van der Waals surface area contributed by atoms with Crippen LogP contribution < -0.4 is 0 Å². The third kappa shape index (κ3) is 3.90. The van der Waals surface area contributed by atoms with Crippen molar-refractivity contribution in [2.24, 2.45) is 0 Å². The summed E-state index contributed by atoms with van der Waals surface area (Å²) in [5.74, 6) is 0.230. The van der Waals surface area contributed by atoms with Crippen molar-refractivity contribution in [1.29, 1.82) is 0 Å². The van der Waals surface area contributed by atoms with Gasteiger partial charge in [0.15, 0.2) is 0 Å². The van der Waals surface area contributed by atoms with Crippen molar-refractivity contribution in [2.75, 3.05) is 13.1 Å². The summed E-state index contributed by atoms with van der Waals surface area (Å²) in [4.78, 5) is 22.9. The second kappa shape index (κ2) is 6.97. The molecule has 0 atom stereocenters. The van der Waals surface area contributed by atoms with Gasteiger partial charge in [0.05, 0.1) is 6.20 Å². The molecule has 122 valence electrons. The Balaban J connectivity index is 1.53. The van der Waals surface area contributed by atoms with Gasteiger partial charge in [0.2, 0.25) is 5.91 Å². The van der Waals surface area contributed by atoms with Crippen molar-refractivity contribution in [3.05, 3.63) is 45.6 Å². The maximum absolute atomic E-state index is 12.4. The molecule has 0 aromatic carbocycles. The lowest BCUT2D eigenvalue weighted by Gasteiger charge is -2.38. The molecule has 1 fully saturated rings. The van der Waals surface area contributed by atoms with E-state index in [1.54, 1.807) is 23.7 Å². The quantitative estimate of drug-likeness (QED) is 0.845. The molecule has 2 aromatic rings. The molecule has 0 saturated carbocycles. The normalized spacial score (nSPS) is 17.2. The van der Waals surface area contributed by atoms with Crippen LogP contribution in [0.4, 0.5) is 0 Å². The highest BCUT2D eigenvalue weighted by Crippen LogP contribution is 2.38. The number of aryl methyl sites for hydroxylation is 1. The number of thiazole rings is 1. The third-order valence-electron chi connectivity index (χ3n) is 4.56. The number of rotatable bonds is 4. The first-order valence-corrected chi connectivity index (χ1v) is 9.05. The van der Waals surface area contributed by atoms with Gasteiger partial charge in [-0.25, -0.2) is 4.98 Å². The third-order valence-corrected chi connectivity index (χ3v) is 5.98. The van der Waals surface area contributed by atoms with E-state index < -0.39 is 0 Å². The van der Waals surface area contributed by atoms with E-state index in [4.69, 9.17) is 11.6 Å². The van der Waals surface area contributed by atoms with E-state index in [1.165, 1.54) is 0 Å². The molecule has 6 heteroatoms. The van der Waals surface area contributed by atoms with Crippen molar-refractivity contribution < 1.29 is 4.79 Å². The highest BCUT2D eigenvalue weighted by Gasteiger charge is 2.35. The predicted molar refractivity (Wildman–Crippen MR) is 92.8 cm³/mol. The Kier molecular flexibility index (Phi) is 4.97. The summed E-state index contributed by atoms with van der Waals surface area (Å²) in [5.41, 5.74) is 1.15. The number of piperidine rings is 1. The van der Waals surface area contributed by atoms with Crippen LogP contribution in [0.15, 0.2) is 30.7 Å². The Labute approximate surface area is 145 Å². The number of aromatic nitrogens is 2. The first kappa shape index (κ1) is 16.4. The summed E-state index contributed by atoms with van der Waals surface area (Å²) in [6.45, 7) is 3.80. The number of pyridine rings is 1. The van der Waals surface area contributed by atoms with Crippen molar-refractivity contribution in [1.82, 2.24) is 14.9 Å². The molecule has 4 nitrogen and oxygen atoms in total. The Hall–Kier alpha value is -1.46. The second-order valence-electron chi connectivity index (χ2n) is 6.27. The van der Waals surface area contributed by atoms with E-state index in [2.05, 4.69) is 16.9 Å². The average molecular weight is 350 g/mol. The molecule has 0 radical (unpaired) electrons. The minimum absolute atomic E-state index is 0.0396. The van der Waals surface area contributed by atoms with Crippen LogP contribution in [0.5, 0.6) is 0 Å². The maximum Gasteiger partial charge on any atom is 0.222 e. The molecule has 0 spiro atoms. The van der Waals surface area contributed by atoms with Gasteiger partial charge in [0.1, 0.15) is 9.34 Å². The van der Waals surface area contributed by atoms with Crippen LogP contribution in [0, 0.1) is 0 Å². The van der Waals surface area contributed by atoms with E-state index in [1.807, 2.05) is 23.2 Å². The zero-order chi connectivity index (χ0) is 16.3. The number of nitrogens with zero attached hydrogens (tertiary/aromatic N) is 3. The molecule has 2 aromatic heterocycles. The molecule has 23 heavy (non-hydrogen) atoms. The number of hydrogen-bond donors (Lipinski definition) is 0. The van der Waals surface area contributed by atoms with E-state index in [0.29, 0.717) is 6.42 Å². The summed E-state index contributed by atoms with van der Waals surface area (Å²) in [7, 11) is 0. The standard InChI is InChI=1S/C17H20ClN3OS/c1-17(16-20-12-14(18)23-16)6-9-21(10-7-17)15(22)5-4-13-3-2-8-19-11-13/h2-3,8,11-12H,4-7,9-10H2,1H3. The fourth-order valence-electron chi connectivity index (χ4n) is 2.95. The lowest BCUT2D eigenvalue weighted by molar-refractivity contribution is -0.132. The largest absolute Gasteiger partial charge is 0.343 e. The molecule has 1 amide bonds. The van der Waals surface area contributed by atoms with Crippen molar-refractivity contribution >= 4 is 28.8 Å². The van der Waals surface area contributed by atoms with Crippen LogP contribution >= 0.6 is 22.9 Å². The van der Waals surface area contributed by atoms with Crippen LogP contribution in [0.1, 0.15) is 36.8 Å². The van der Waals surface area contributed by atoms with Gasteiger partial charge >= 0.3 is 0 Å². The van der Waals surface area contributed by atoms with E-state index in [9.17, 15) is 4.79 Å². The van der Waals surface area contributed by atoms with E-state index >= 15 is 0 Å². The monoisotopic (exact) mass is 349 g/mol. The lowest BCUT2D eigenvalue weighted by atomic mass is 9.81. The highest BCUT2D eigenvalue weighted by atomic mass is 35.5. The number of carbonyl (C=O) groups is 1. The summed E-state index contributed by atoms with van der Waals surface area (Å²) in [5, 5.41) is 1.09. The van der Waals surface area contributed by atoms with Gasteiger partial charge in [-0.1, -0.05) is 24.6 Å². The van der Waals surface area contributed by atoms with Gasteiger partial charge in [0, 0.05) is 37.3 Å². The zero-order valence-electron chi connectivity index (χ0n) is 13.2. The minimum atomic E-state index is 0.0396. The van der Waals surface area contributed by atoms with Crippen LogP contribution in [-0.4, -0.2) is 33.9 Å². The van der Waals surface area contributed by atoms with Crippen molar-refractivity contribution in [3.63, 3.8) is 0 Å². The minimum Gasteiger partial charge on any atom is -0.343 e. The number of carbonyl (C=O) groups excluding carboxylic acids is 1. The molecule has 3 heterocycles. The molecule has 1 saturated heterocycles. The van der Waals surface area contributed by atoms with Crippen LogP contribution in [0.25, 0.3) is 0 Å². The molecule has 1 aliphatic rings. The molecule has 0 aliphatic carbocycles. The average Bonchev–Trinajstić information content (AvgIpc) is 3.02. The smallest absolute Gasteiger partial charge is 0.222 e. The van der Waals surface area contributed by atoms with Gasteiger partial charge < -0.3 is 4.90 Å². The number of amides is 1. The van der Waals surface area contributed by atoms with Gasteiger partial charge in [-0.05, 0) is 30.9 Å². The fraction of sp³-hybridized carbons (Fsp3) is 0.471. The van der Waals surface area contributed by atoms with Gasteiger partial charge in [-0.3, -0.25) is 9.78 Å². The van der Waals surface area contributed by atoms with Gasteiger partial charge in [-0.2, -0.15) is 0 Å². The second-order valence-corrected chi connectivity index (χ2v) is 7.93. The molecule has 1 aliphatic heterocycles. The summed E-state index contributed by atoms with van der Waals surface area (Å²) in [6.07, 6.45) is 8.48. The summed E-state index contributed by atoms with van der Waals surface area (Å²) in [6, 6.07) is 3.92. The number of hydrogen-bond acceptors (Lipinski definition) is 4. The maximum atomic E-state index is 12.4. The van der Waals surface area contributed by atoms with Crippen molar-refractivity contribution in [2.45, 2.75) is 38.0 Å². The highest BCUT2D eigenvalue weighted by molar-refractivity contribution is 7.15. The summed E-state index contributed by atoms with van der Waals surface area (Å²) >= 11 is 7.56. The molecule has 0 unspecified atom stereocenters. The molecule has 0 bridgehead atoms. The fourth-order valence-corrected chi connectivity index (χ4v) is 4.07. The summed E-state index contributed by atoms with van der Waals surface area (Å²) < 4.78 is 0.733. The van der Waals surface area contributed by atoms with E-state index in [0.717, 1.165) is 47.3 Å². The molecular weight excluding hydrogens is 330 g/mol. The predicted octanol–water partition coefficient (Wildman–Crippen LogP) is 3.70. The van der Waals surface area contributed by atoms with Crippen LogP contribution in [0.2, 0.25) is 4.34 Å². The molecular formula is C17H20ClN3OS. The zero-order valence-corrected chi connectivity index (χ0v) is 14.7.